The summed E-state index contributed by atoms with van der Waals surface area (Å²) in [5, 5.41) is 4.59. The van der Waals surface area contributed by atoms with Gasteiger partial charge in [0, 0.05) is 39.6 Å². The van der Waals surface area contributed by atoms with Crippen LogP contribution in [0.5, 0.6) is 0 Å². The highest BCUT2D eigenvalue weighted by atomic mass is 16.6. The van der Waals surface area contributed by atoms with E-state index in [4.69, 9.17) is 4.74 Å². The van der Waals surface area contributed by atoms with Gasteiger partial charge in [0.15, 0.2) is 0 Å². The van der Waals surface area contributed by atoms with Gasteiger partial charge in [-0.25, -0.2) is 9.59 Å². The van der Waals surface area contributed by atoms with Gasteiger partial charge in [-0.05, 0) is 40.2 Å². The number of urea groups is 1. The monoisotopic (exact) mass is 342 g/mol. The van der Waals surface area contributed by atoms with Crippen molar-refractivity contribution in [2.45, 2.75) is 51.7 Å². The Morgan fingerprint density at radius 2 is 1.96 bits per heavy atom. The van der Waals surface area contributed by atoms with E-state index in [9.17, 15) is 14.4 Å². The second kappa shape index (κ2) is 8.86. The molecule has 24 heavy (non-hydrogen) atoms. The smallest absolute Gasteiger partial charge is 0.410 e. The maximum atomic E-state index is 12.2. The Balaban J connectivity index is 2.44. The van der Waals surface area contributed by atoms with Crippen molar-refractivity contribution in [2.24, 2.45) is 0 Å². The third-order valence-electron chi connectivity index (χ3n) is 3.84. The van der Waals surface area contributed by atoms with Crippen LogP contribution in [0.4, 0.5) is 9.59 Å². The van der Waals surface area contributed by atoms with E-state index < -0.39 is 11.6 Å². The van der Waals surface area contributed by atoms with Crippen LogP contribution in [0.25, 0.3) is 0 Å². The maximum Gasteiger partial charge on any atom is 0.410 e. The SMILES string of the molecule is CNC(=O)NC(=O)CCN1CCC[C@@H](N(C)C(=O)OC(C)(C)C)C1. The van der Waals surface area contributed by atoms with Crippen LogP contribution in [0.15, 0.2) is 0 Å². The number of amides is 4. The van der Waals surface area contributed by atoms with Crippen molar-refractivity contribution in [1.82, 2.24) is 20.4 Å². The molecule has 1 heterocycles. The molecule has 0 aromatic rings. The Bertz CT molecular complexity index is 461. The second-order valence-electron chi connectivity index (χ2n) is 7.07. The van der Waals surface area contributed by atoms with E-state index >= 15 is 0 Å². The number of nitrogens with zero attached hydrogens (tertiary/aromatic N) is 2. The predicted molar refractivity (Wildman–Crippen MR) is 90.7 cm³/mol. The maximum absolute atomic E-state index is 12.2. The molecule has 1 rings (SSSR count). The Labute approximate surface area is 143 Å². The number of hydrogen-bond donors (Lipinski definition) is 2. The van der Waals surface area contributed by atoms with Gasteiger partial charge in [0.25, 0.3) is 0 Å². The summed E-state index contributed by atoms with van der Waals surface area (Å²) >= 11 is 0. The first-order valence-electron chi connectivity index (χ1n) is 8.32. The van der Waals surface area contributed by atoms with E-state index in [-0.39, 0.29) is 24.5 Å². The molecule has 1 aliphatic heterocycles. The van der Waals surface area contributed by atoms with Gasteiger partial charge in [-0.3, -0.25) is 10.1 Å². The van der Waals surface area contributed by atoms with Crippen LogP contribution in [-0.4, -0.2) is 73.2 Å². The third kappa shape index (κ3) is 7.16. The minimum Gasteiger partial charge on any atom is -0.444 e. The number of hydrogen-bond acceptors (Lipinski definition) is 5. The molecule has 138 valence electrons. The second-order valence-corrected chi connectivity index (χ2v) is 7.07. The number of likely N-dealkylation sites (tertiary alicyclic amines) is 1. The fraction of sp³-hybridized carbons (Fsp3) is 0.812. The number of carbonyl (C=O) groups excluding carboxylic acids is 3. The average molecular weight is 342 g/mol. The van der Waals surface area contributed by atoms with E-state index in [0.29, 0.717) is 13.1 Å². The molecule has 0 aliphatic carbocycles. The standard InChI is InChI=1S/C16H30N4O4/c1-16(2,3)24-15(23)19(5)12-7-6-9-20(11-12)10-8-13(21)18-14(22)17-4/h12H,6-11H2,1-5H3,(H2,17,18,21,22)/t12-/m1/s1. The van der Waals surface area contributed by atoms with Crippen LogP contribution in [0.2, 0.25) is 0 Å². The molecule has 2 N–H and O–H groups in total. The topological polar surface area (TPSA) is 91.0 Å². The lowest BCUT2D eigenvalue weighted by Crippen LogP contribution is -2.50. The quantitative estimate of drug-likeness (QED) is 0.800. The van der Waals surface area contributed by atoms with Gasteiger partial charge < -0.3 is 19.9 Å². The molecule has 1 fully saturated rings. The van der Waals surface area contributed by atoms with Crippen LogP contribution < -0.4 is 10.6 Å². The van der Waals surface area contributed by atoms with Crippen molar-refractivity contribution in [1.29, 1.82) is 0 Å². The molecule has 0 bridgehead atoms. The number of imide groups is 1. The Kier molecular flexibility index (Phi) is 7.47. The molecule has 0 spiro atoms. The van der Waals surface area contributed by atoms with E-state index in [2.05, 4.69) is 15.5 Å². The zero-order valence-corrected chi connectivity index (χ0v) is 15.3. The van der Waals surface area contributed by atoms with Crippen molar-refractivity contribution in [3.8, 4) is 0 Å². The highest BCUT2D eigenvalue weighted by Crippen LogP contribution is 2.18. The molecule has 0 saturated carbocycles. The van der Waals surface area contributed by atoms with Crippen molar-refractivity contribution in [3.63, 3.8) is 0 Å². The third-order valence-corrected chi connectivity index (χ3v) is 3.84. The summed E-state index contributed by atoms with van der Waals surface area (Å²) in [6.45, 7) is 7.67. The lowest BCUT2D eigenvalue weighted by molar-refractivity contribution is -0.120. The number of likely N-dealkylation sites (N-methyl/N-ethyl adjacent to an activating group) is 1. The summed E-state index contributed by atoms with van der Waals surface area (Å²) in [7, 11) is 3.21. The highest BCUT2D eigenvalue weighted by Gasteiger charge is 2.29. The molecular weight excluding hydrogens is 312 g/mol. The Morgan fingerprint density at radius 1 is 1.29 bits per heavy atom. The molecule has 1 atom stereocenters. The van der Waals surface area contributed by atoms with E-state index in [0.717, 1.165) is 19.4 Å². The van der Waals surface area contributed by atoms with Crippen molar-refractivity contribution in [3.05, 3.63) is 0 Å². The van der Waals surface area contributed by atoms with Crippen LogP contribution >= 0.6 is 0 Å². The lowest BCUT2D eigenvalue weighted by Gasteiger charge is -2.38. The van der Waals surface area contributed by atoms with E-state index in [1.807, 2.05) is 20.8 Å². The molecule has 0 unspecified atom stereocenters. The van der Waals surface area contributed by atoms with Gasteiger partial charge in [0.1, 0.15) is 5.60 Å². The number of piperidine rings is 1. The fourth-order valence-electron chi connectivity index (χ4n) is 2.54. The van der Waals surface area contributed by atoms with Crippen LogP contribution in [0.1, 0.15) is 40.0 Å². The van der Waals surface area contributed by atoms with Crippen molar-refractivity contribution >= 4 is 18.0 Å². The first-order valence-corrected chi connectivity index (χ1v) is 8.32. The van der Waals surface area contributed by atoms with Crippen molar-refractivity contribution in [2.75, 3.05) is 33.7 Å². The molecule has 1 aliphatic rings. The number of carbonyl (C=O) groups is 3. The fourth-order valence-corrected chi connectivity index (χ4v) is 2.54. The molecular formula is C16H30N4O4. The molecule has 0 aromatic heterocycles. The van der Waals surface area contributed by atoms with Gasteiger partial charge in [0.05, 0.1) is 0 Å². The highest BCUT2D eigenvalue weighted by molar-refractivity contribution is 5.94. The number of rotatable bonds is 4. The summed E-state index contributed by atoms with van der Waals surface area (Å²) in [6, 6.07) is -0.434. The predicted octanol–water partition coefficient (Wildman–Crippen LogP) is 1.16. The molecule has 4 amide bonds. The van der Waals surface area contributed by atoms with Gasteiger partial charge in [-0.15, -0.1) is 0 Å². The largest absolute Gasteiger partial charge is 0.444 e. The minimum absolute atomic E-state index is 0.0654. The first kappa shape index (κ1) is 20.2. The molecule has 8 heteroatoms. The Hall–Kier alpha value is -1.83. The van der Waals surface area contributed by atoms with Gasteiger partial charge in [-0.2, -0.15) is 0 Å². The lowest BCUT2D eigenvalue weighted by atomic mass is 10.0. The molecule has 0 aromatic carbocycles. The molecule has 0 radical (unpaired) electrons. The van der Waals surface area contributed by atoms with Crippen LogP contribution in [0, 0.1) is 0 Å². The minimum atomic E-state index is -0.516. The van der Waals surface area contributed by atoms with Gasteiger partial charge in [0.2, 0.25) is 5.91 Å². The van der Waals surface area contributed by atoms with E-state index in [1.54, 1.807) is 11.9 Å². The number of ether oxygens (including phenoxy) is 1. The summed E-state index contributed by atoms with van der Waals surface area (Å²) in [6.07, 6.45) is 1.79. The average Bonchev–Trinajstić information content (AvgIpc) is 2.50. The zero-order valence-electron chi connectivity index (χ0n) is 15.3. The van der Waals surface area contributed by atoms with Crippen LogP contribution in [0.3, 0.4) is 0 Å². The van der Waals surface area contributed by atoms with Crippen molar-refractivity contribution < 1.29 is 19.1 Å². The molecule has 1 saturated heterocycles. The van der Waals surface area contributed by atoms with Crippen LogP contribution in [-0.2, 0) is 9.53 Å². The van der Waals surface area contributed by atoms with Gasteiger partial charge in [-0.1, -0.05) is 0 Å². The zero-order chi connectivity index (χ0) is 18.3. The summed E-state index contributed by atoms with van der Waals surface area (Å²) in [5.74, 6) is -0.308. The summed E-state index contributed by atoms with van der Waals surface area (Å²) in [5.41, 5.74) is -0.516. The Morgan fingerprint density at radius 3 is 2.54 bits per heavy atom. The number of nitrogens with one attached hydrogen (secondary N) is 2. The molecule has 8 nitrogen and oxygen atoms in total. The van der Waals surface area contributed by atoms with Gasteiger partial charge >= 0.3 is 12.1 Å². The first-order chi connectivity index (χ1) is 11.1. The van der Waals surface area contributed by atoms with E-state index in [1.165, 1.54) is 7.05 Å². The normalized spacial score (nSPS) is 18.6. The summed E-state index contributed by atoms with van der Waals surface area (Å²) < 4.78 is 5.40. The summed E-state index contributed by atoms with van der Waals surface area (Å²) in [4.78, 5) is 38.7.